The minimum atomic E-state index is -6.31. The highest BCUT2D eigenvalue weighted by Crippen LogP contribution is 2.43. The summed E-state index contributed by atoms with van der Waals surface area (Å²) in [5.74, 6) is -20.5. The summed E-state index contributed by atoms with van der Waals surface area (Å²) >= 11 is 3.73. The first kappa shape index (κ1) is 58.5. The van der Waals surface area contributed by atoms with Crippen molar-refractivity contribution in [3.05, 3.63) is 191 Å². The summed E-state index contributed by atoms with van der Waals surface area (Å²) in [6, 6.07) is 33.9. The van der Waals surface area contributed by atoms with E-state index in [1.165, 1.54) is 48.5 Å². The maximum atomic E-state index is 15.3. The van der Waals surface area contributed by atoms with Gasteiger partial charge in [-0.2, -0.15) is 16.8 Å². The van der Waals surface area contributed by atoms with E-state index in [-0.39, 0.29) is 32.0 Å². The molecule has 0 amide bonds. The van der Waals surface area contributed by atoms with Crippen molar-refractivity contribution in [2.45, 2.75) is 71.4 Å². The van der Waals surface area contributed by atoms with Crippen molar-refractivity contribution in [1.82, 2.24) is 0 Å². The molecular formula is C52H34F8O10S8. The summed E-state index contributed by atoms with van der Waals surface area (Å²) in [6.45, 7) is 0.538. The van der Waals surface area contributed by atoms with Gasteiger partial charge in [0.25, 0.3) is 20.2 Å². The van der Waals surface area contributed by atoms with Crippen LogP contribution in [0.3, 0.4) is 0 Å². The second kappa shape index (κ2) is 22.8. The molecule has 0 spiro atoms. The van der Waals surface area contributed by atoms with E-state index < -0.39 is 127 Å². The Balaban J connectivity index is 1.00. The number of rotatable bonds is 17. The molecule has 0 saturated carbocycles. The number of hydrogen-bond donors (Lipinski definition) is 1. The summed E-state index contributed by atoms with van der Waals surface area (Å²) in [5, 5.41) is 0. The maximum absolute atomic E-state index is 15.3. The van der Waals surface area contributed by atoms with Gasteiger partial charge in [0.1, 0.15) is 20.4 Å². The molecule has 0 radical (unpaired) electrons. The van der Waals surface area contributed by atoms with Gasteiger partial charge in [0, 0.05) is 34.9 Å². The van der Waals surface area contributed by atoms with Crippen LogP contribution in [0.4, 0.5) is 35.1 Å². The molecule has 26 heteroatoms. The Labute approximate surface area is 459 Å². The molecule has 78 heavy (non-hydrogen) atoms. The predicted molar refractivity (Wildman–Crippen MR) is 278 cm³/mol. The molecule has 8 rings (SSSR count). The molecule has 0 atom stereocenters. The van der Waals surface area contributed by atoms with Gasteiger partial charge in [0.2, 0.25) is 19.7 Å². The number of benzene rings is 8. The second-order valence-corrected chi connectivity index (χ2v) is 27.6. The molecule has 0 aromatic heterocycles. The highest BCUT2D eigenvalue weighted by Gasteiger charge is 2.40. The smallest absolute Gasteiger partial charge is 0.285 e. The highest BCUT2D eigenvalue weighted by atomic mass is 32.2. The van der Waals surface area contributed by atoms with Crippen LogP contribution in [-0.2, 0) is 49.8 Å². The monoisotopic (exact) mass is 1230 g/mol. The fraction of sp³-hybridized carbons (Fsp3) is 0.0769. The number of halogens is 8. The molecule has 8 aromatic rings. The Hall–Kier alpha value is -5.68. The zero-order chi connectivity index (χ0) is 56.8. The van der Waals surface area contributed by atoms with Gasteiger partial charge in [-0.1, -0.05) is 83.8 Å². The normalized spacial score (nSPS) is 12.3. The number of hydrogen-bond acceptors (Lipinski definition) is 13. The first-order valence-electron chi connectivity index (χ1n) is 21.9. The van der Waals surface area contributed by atoms with Crippen molar-refractivity contribution in [1.29, 1.82) is 0 Å². The summed E-state index contributed by atoms with van der Waals surface area (Å²) in [5.41, 5.74) is 1.42. The van der Waals surface area contributed by atoms with Crippen LogP contribution in [0.15, 0.2) is 192 Å². The van der Waals surface area contributed by atoms with Gasteiger partial charge in [-0.3, -0.25) is 8.74 Å². The van der Waals surface area contributed by atoms with E-state index in [1.807, 2.05) is 42.7 Å². The van der Waals surface area contributed by atoms with Crippen LogP contribution >= 0.6 is 47.0 Å². The quantitative estimate of drug-likeness (QED) is 0.0301. The van der Waals surface area contributed by atoms with E-state index in [1.54, 1.807) is 48.2 Å². The lowest BCUT2D eigenvalue weighted by molar-refractivity contribution is 0.390. The van der Waals surface area contributed by atoms with Crippen LogP contribution < -0.4 is 0 Å². The first-order valence-corrected chi connectivity index (χ1v) is 31.5. The molecule has 0 aliphatic rings. The van der Waals surface area contributed by atoms with Crippen molar-refractivity contribution in [2.24, 2.45) is 0 Å². The van der Waals surface area contributed by atoms with Gasteiger partial charge in [-0.15, -0.1) is 11.8 Å². The number of sulfone groups is 2. The minimum absolute atomic E-state index is 0.0583. The third-order valence-corrected chi connectivity index (χ3v) is 21.2. The van der Waals surface area contributed by atoms with Gasteiger partial charge < -0.3 is 0 Å². The van der Waals surface area contributed by atoms with Crippen molar-refractivity contribution in [2.75, 3.05) is 13.4 Å². The van der Waals surface area contributed by atoms with Gasteiger partial charge in [-0.05, 0) is 126 Å². The largest absolute Gasteiger partial charge is 0.297 e. The van der Waals surface area contributed by atoms with E-state index in [9.17, 15) is 55.8 Å². The van der Waals surface area contributed by atoms with Crippen LogP contribution in [0, 0.1) is 53.5 Å². The van der Waals surface area contributed by atoms with Gasteiger partial charge in [-0.25, -0.2) is 52.0 Å². The average molecular weight is 1230 g/mol. The van der Waals surface area contributed by atoms with Crippen LogP contribution in [0.2, 0.25) is 0 Å². The fourth-order valence-electron chi connectivity index (χ4n) is 7.57. The molecule has 0 aliphatic heterocycles. The van der Waals surface area contributed by atoms with Gasteiger partial charge in [0.15, 0.2) is 46.5 Å². The molecule has 0 unspecified atom stereocenters. The molecule has 0 heterocycles. The van der Waals surface area contributed by atoms with Crippen molar-refractivity contribution in [3.8, 4) is 22.3 Å². The summed E-state index contributed by atoms with van der Waals surface area (Å²) < 4.78 is 239. The Morgan fingerprint density at radius 3 is 1.23 bits per heavy atom. The Bertz CT molecular complexity index is 4100. The molecule has 406 valence electrons. The van der Waals surface area contributed by atoms with Crippen LogP contribution in [0.5, 0.6) is 0 Å². The zero-order valence-electron chi connectivity index (χ0n) is 39.8. The van der Waals surface area contributed by atoms with Gasteiger partial charge >= 0.3 is 0 Å². The van der Waals surface area contributed by atoms with E-state index in [4.69, 9.17) is 4.18 Å². The van der Waals surface area contributed by atoms with E-state index >= 15 is 17.6 Å². The average Bonchev–Trinajstić information content (AvgIpc) is 3.59. The van der Waals surface area contributed by atoms with Crippen LogP contribution in [0.25, 0.3) is 22.3 Å². The zero-order valence-corrected chi connectivity index (χ0v) is 46.4. The van der Waals surface area contributed by atoms with Crippen molar-refractivity contribution >= 4 is 87.0 Å². The summed E-state index contributed by atoms with van der Waals surface area (Å²) in [7, 11) is -19.2. The Morgan fingerprint density at radius 2 is 0.821 bits per heavy atom. The molecule has 1 N–H and O–H groups in total. The standard InChI is InChI=1S/C52H34F8O10S8/c1-27-42(53)46(57)51(47(58)43(27)54)77(66,67)52-48(59)44(55)50(45(56)49(52)60)74-36-18-10-31(11-19-36)30-6-14-34(15-7-30)72-39-22-20-37(24-32(39)26-75(61,62)63)76(64,65)38-21-23-40(41(25-38)78(68,69)70-2)73-35-16-8-29(9-17-35)28-4-12-33(71-3)13-5-28/h4-25H,26H2,1-3H3,(H,61,62,63). The molecular weight excluding hydrogens is 1190 g/mol. The van der Waals surface area contributed by atoms with Crippen molar-refractivity contribution in [3.63, 3.8) is 0 Å². The summed E-state index contributed by atoms with van der Waals surface area (Å²) in [6.07, 6.45) is 1.97. The predicted octanol–water partition coefficient (Wildman–Crippen LogP) is 14.0. The molecule has 0 aliphatic carbocycles. The maximum Gasteiger partial charge on any atom is 0.297 e. The van der Waals surface area contributed by atoms with Crippen LogP contribution in [-0.4, -0.2) is 51.6 Å². The van der Waals surface area contributed by atoms with E-state index in [2.05, 4.69) is 0 Å². The van der Waals surface area contributed by atoms with E-state index in [0.717, 1.165) is 58.8 Å². The minimum Gasteiger partial charge on any atom is -0.285 e. The van der Waals surface area contributed by atoms with Crippen LogP contribution in [0.1, 0.15) is 11.1 Å². The lowest BCUT2D eigenvalue weighted by Gasteiger charge is -2.14. The fourth-order valence-corrected chi connectivity index (χ4v) is 15.4. The molecule has 8 aromatic carbocycles. The highest BCUT2D eigenvalue weighted by molar-refractivity contribution is 8.00. The molecule has 0 bridgehead atoms. The second-order valence-electron chi connectivity index (χ2n) is 16.5. The Kier molecular flexibility index (Phi) is 17.1. The lowest BCUT2D eigenvalue weighted by Crippen LogP contribution is -2.17. The SMILES string of the molecule is COS(=O)(=O)c1cc(S(=O)(=O)c2ccc(Sc3ccc(-c4ccc(Sc5c(F)c(F)c(S(=O)(=O)c6c(F)c(F)c(C)c(F)c6F)c(F)c5F)cc4)cc3)c(CS(=O)(=O)O)c2)ccc1Sc1ccc(-c2ccc(SC)cc2)cc1. The molecule has 10 nitrogen and oxygen atoms in total. The molecule has 0 fully saturated rings. The van der Waals surface area contributed by atoms with Crippen molar-refractivity contribution < 1.29 is 77.5 Å². The first-order chi connectivity index (χ1) is 36.7. The Morgan fingerprint density at radius 1 is 0.449 bits per heavy atom. The third kappa shape index (κ3) is 11.9. The topological polar surface area (TPSA) is 166 Å². The number of thioether (sulfide) groups is 1. The van der Waals surface area contributed by atoms with Gasteiger partial charge in [0.05, 0.1) is 21.8 Å². The lowest BCUT2D eigenvalue weighted by atomic mass is 10.1. The van der Waals surface area contributed by atoms with E-state index in [0.29, 0.717) is 27.8 Å². The third-order valence-electron chi connectivity index (χ3n) is 11.6. The summed E-state index contributed by atoms with van der Waals surface area (Å²) in [4.78, 5) is -5.30. The molecule has 0 saturated heterocycles.